The van der Waals surface area contributed by atoms with Crippen molar-refractivity contribution in [3.63, 3.8) is 0 Å². The van der Waals surface area contributed by atoms with E-state index in [1.807, 2.05) is 5.32 Å². The largest absolute Gasteiger partial charge is 0.481 e. The van der Waals surface area contributed by atoms with Gasteiger partial charge in [-0.3, -0.25) is 9.59 Å². The molecule has 3 amide bonds. The number of amides is 3. The van der Waals surface area contributed by atoms with Crippen molar-refractivity contribution in [2.45, 2.75) is 37.8 Å². The lowest BCUT2D eigenvalue weighted by Gasteiger charge is -2.17. The molecule has 1 aromatic heterocycles. The minimum Gasteiger partial charge on any atom is -0.481 e. The number of hydrogen-bond acceptors (Lipinski definition) is 7. The Bertz CT molecular complexity index is 788. The highest BCUT2D eigenvalue weighted by Crippen LogP contribution is 2.03. The number of hydrogen-bond donors (Lipinski definition) is 6. The average molecular weight is 428 g/mol. The second kappa shape index (κ2) is 11.9. The molecule has 0 spiro atoms. The van der Waals surface area contributed by atoms with E-state index in [0.717, 1.165) is 12.1 Å². The van der Waals surface area contributed by atoms with E-state index in [4.69, 9.17) is 15.3 Å². The maximum Gasteiger partial charge on any atom is 0.326 e. The molecule has 0 saturated heterocycles. The quantitative estimate of drug-likeness (QED) is 0.228. The molecule has 0 radical (unpaired) electrons. The second-order valence-corrected chi connectivity index (χ2v) is 5.99. The number of aromatic nitrogens is 2. The number of aliphatic carboxylic acids is 3. The highest BCUT2D eigenvalue weighted by atomic mass is 18.2. The Morgan fingerprint density at radius 3 is 2.10 bits per heavy atom. The predicted octanol–water partition coefficient (Wildman–Crippen LogP) is -0.804. The molecule has 0 bridgehead atoms. The number of carbonyl (C=O) groups is 5. The lowest BCUT2D eigenvalue weighted by Crippen LogP contribution is -2.51. The van der Waals surface area contributed by atoms with E-state index < -0.39 is 54.3 Å². The normalized spacial score (nSPS) is 12.3. The zero-order chi connectivity index (χ0) is 22.7. The number of rotatable bonds is 12. The molecular formula is C16H20FN5O8. The number of carbonyl (C=O) groups excluding carboxylic acids is 2. The molecule has 1 heterocycles. The number of urea groups is 1. The standard InChI is InChI=1S/C16H20FN5O8/c17-11-5-4-8(21-22-11)13(25)18-6-2-1-3-9(14(26)27)19-16(30)20-10(15(28)29)7-12(23)24/h4-5,9-10H,1-3,6-7H2,(H,18,25)(H,23,24)(H,26,27)(H,28,29)(H2,19,20,30)/t9-,10-/m0/s1/i17-1. The third-order valence-electron chi connectivity index (χ3n) is 3.66. The van der Waals surface area contributed by atoms with Gasteiger partial charge in [0, 0.05) is 6.54 Å². The van der Waals surface area contributed by atoms with Crippen molar-refractivity contribution in [3.05, 3.63) is 23.8 Å². The molecule has 1 aromatic rings. The monoisotopic (exact) mass is 428 g/mol. The van der Waals surface area contributed by atoms with Gasteiger partial charge in [-0.05, 0) is 31.4 Å². The number of carboxylic acid groups (broad SMARTS) is 3. The van der Waals surface area contributed by atoms with Gasteiger partial charge in [0.25, 0.3) is 5.91 Å². The van der Waals surface area contributed by atoms with Gasteiger partial charge in [0.15, 0.2) is 5.69 Å². The van der Waals surface area contributed by atoms with Crippen LogP contribution in [0.1, 0.15) is 36.2 Å². The van der Waals surface area contributed by atoms with Crippen LogP contribution in [0, 0.1) is 5.95 Å². The molecule has 13 nitrogen and oxygen atoms in total. The average Bonchev–Trinajstić information content (AvgIpc) is 2.66. The predicted molar refractivity (Wildman–Crippen MR) is 94.9 cm³/mol. The van der Waals surface area contributed by atoms with E-state index in [1.54, 1.807) is 0 Å². The van der Waals surface area contributed by atoms with Crippen molar-refractivity contribution in [1.82, 2.24) is 26.1 Å². The van der Waals surface area contributed by atoms with E-state index in [0.29, 0.717) is 6.42 Å². The molecule has 1 rings (SSSR count). The van der Waals surface area contributed by atoms with Crippen molar-refractivity contribution in [1.29, 1.82) is 0 Å². The minimum absolute atomic E-state index is 0.0361. The molecule has 2 atom stereocenters. The molecule has 0 aliphatic carbocycles. The fourth-order valence-corrected chi connectivity index (χ4v) is 2.19. The van der Waals surface area contributed by atoms with Gasteiger partial charge in [-0.25, -0.2) is 14.4 Å². The summed E-state index contributed by atoms with van der Waals surface area (Å²) in [5, 5.41) is 39.6. The van der Waals surface area contributed by atoms with Crippen LogP contribution >= 0.6 is 0 Å². The van der Waals surface area contributed by atoms with Gasteiger partial charge in [-0.1, -0.05) is 0 Å². The molecule has 0 aliphatic heterocycles. The first-order valence-electron chi connectivity index (χ1n) is 8.62. The highest BCUT2D eigenvalue weighted by molar-refractivity contribution is 5.92. The number of nitrogens with zero attached hydrogens (tertiary/aromatic N) is 2. The smallest absolute Gasteiger partial charge is 0.326 e. The Morgan fingerprint density at radius 1 is 0.933 bits per heavy atom. The van der Waals surface area contributed by atoms with Gasteiger partial charge in [0.1, 0.15) is 12.1 Å². The van der Waals surface area contributed by atoms with Crippen molar-refractivity contribution in [3.8, 4) is 0 Å². The fourth-order valence-electron chi connectivity index (χ4n) is 2.19. The second-order valence-electron chi connectivity index (χ2n) is 5.99. The summed E-state index contributed by atoms with van der Waals surface area (Å²) < 4.78 is 12.7. The topological polar surface area (TPSA) is 208 Å². The summed E-state index contributed by atoms with van der Waals surface area (Å²) in [6, 6.07) is -2.10. The molecule has 0 aliphatic rings. The van der Waals surface area contributed by atoms with Crippen molar-refractivity contribution >= 4 is 29.8 Å². The van der Waals surface area contributed by atoms with Crippen LogP contribution in [0.2, 0.25) is 0 Å². The van der Waals surface area contributed by atoms with Crippen LogP contribution in [0.4, 0.5) is 9.18 Å². The molecule has 0 unspecified atom stereocenters. The zero-order valence-corrected chi connectivity index (χ0v) is 15.5. The lowest BCUT2D eigenvalue weighted by molar-refractivity contribution is -0.145. The van der Waals surface area contributed by atoms with E-state index in [1.165, 1.54) is 0 Å². The molecule has 30 heavy (non-hydrogen) atoms. The lowest BCUT2D eigenvalue weighted by atomic mass is 10.1. The van der Waals surface area contributed by atoms with Crippen molar-refractivity contribution < 1.29 is 43.7 Å². The Balaban J connectivity index is 2.41. The van der Waals surface area contributed by atoms with Gasteiger partial charge in [0.05, 0.1) is 6.42 Å². The van der Waals surface area contributed by atoms with Crippen LogP contribution in [0.25, 0.3) is 0 Å². The highest BCUT2D eigenvalue weighted by Gasteiger charge is 2.25. The van der Waals surface area contributed by atoms with Gasteiger partial charge >= 0.3 is 23.9 Å². The first-order chi connectivity index (χ1) is 14.1. The number of unbranched alkanes of at least 4 members (excludes halogenated alkanes) is 1. The van der Waals surface area contributed by atoms with Crippen LogP contribution in [0.15, 0.2) is 12.1 Å². The van der Waals surface area contributed by atoms with Crippen molar-refractivity contribution in [2.75, 3.05) is 6.54 Å². The Hall–Kier alpha value is -3.84. The summed E-state index contributed by atoms with van der Waals surface area (Å²) in [7, 11) is 0. The van der Waals surface area contributed by atoms with E-state index in [2.05, 4.69) is 20.8 Å². The molecule has 0 aromatic carbocycles. The number of halogens is 1. The maximum atomic E-state index is 12.7. The zero-order valence-electron chi connectivity index (χ0n) is 15.5. The van der Waals surface area contributed by atoms with Crippen molar-refractivity contribution in [2.24, 2.45) is 0 Å². The summed E-state index contributed by atoms with van der Waals surface area (Å²) in [5.41, 5.74) is -0.0903. The molecule has 0 fully saturated rings. The third kappa shape index (κ3) is 8.90. The maximum absolute atomic E-state index is 12.7. The van der Waals surface area contributed by atoms with Crippen LogP contribution in [0.3, 0.4) is 0 Å². The Morgan fingerprint density at radius 2 is 1.57 bits per heavy atom. The molecule has 6 N–H and O–H groups in total. The van der Waals surface area contributed by atoms with Crippen LogP contribution in [0.5, 0.6) is 0 Å². The van der Waals surface area contributed by atoms with Gasteiger partial charge in [0.2, 0.25) is 5.95 Å². The van der Waals surface area contributed by atoms with Crippen LogP contribution in [-0.2, 0) is 14.4 Å². The van der Waals surface area contributed by atoms with Gasteiger partial charge < -0.3 is 31.3 Å². The van der Waals surface area contributed by atoms with Gasteiger partial charge in [-0.2, -0.15) is 4.39 Å². The van der Waals surface area contributed by atoms with Crippen LogP contribution < -0.4 is 16.0 Å². The molecule has 0 saturated carbocycles. The fraction of sp³-hybridized carbons (Fsp3) is 0.438. The van der Waals surface area contributed by atoms with E-state index >= 15 is 0 Å². The van der Waals surface area contributed by atoms with E-state index in [-0.39, 0.29) is 25.1 Å². The summed E-state index contributed by atoms with van der Waals surface area (Å²) in [5.74, 6) is -5.83. The van der Waals surface area contributed by atoms with Gasteiger partial charge in [-0.15, -0.1) is 10.2 Å². The Labute approximate surface area is 168 Å². The molecular weight excluding hydrogens is 408 g/mol. The SMILES string of the molecule is O=C(O)C[C@H](NC(=O)N[C@@H](CCCCNC(=O)c1ccc([18F])nn1)C(=O)O)C(=O)O. The first-order valence-corrected chi connectivity index (χ1v) is 8.62. The Kier molecular flexibility index (Phi) is 9.58. The summed E-state index contributed by atoms with van der Waals surface area (Å²) in [6.07, 6.45) is -0.307. The number of nitrogens with one attached hydrogen (secondary N) is 3. The third-order valence-corrected chi connectivity index (χ3v) is 3.66. The molecule has 164 valence electrons. The summed E-state index contributed by atoms with van der Waals surface area (Å²) in [6.45, 7) is 0.149. The van der Waals surface area contributed by atoms with Crippen LogP contribution in [-0.4, -0.2) is 74.0 Å². The minimum atomic E-state index is -1.72. The molecule has 14 heteroatoms. The number of carboxylic acids is 3. The summed E-state index contributed by atoms with van der Waals surface area (Å²) >= 11 is 0. The summed E-state index contributed by atoms with van der Waals surface area (Å²) in [4.78, 5) is 56.3. The first kappa shape index (κ1) is 24.2. The van der Waals surface area contributed by atoms with E-state index in [9.17, 15) is 28.4 Å².